The Morgan fingerprint density at radius 1 is 0.944 bits per heavy atom. The fourth-order valence-corrected chi connectivity index (χ4v) is 11.0. The zero-order valence-corrected chi connectivity index (χ0v) is 45.0. The van der Waals surface area contributed by atoms with E-state index in [-0.39, 0.29) is 48.5 Å². The summed E-state index contributed by atoms with van der Waals surface area (Å²) in [5.74, 6) is -1.05. The molecule has 4 saturated heterocycles. The first-order chi connectivity index (χ1) is 33.3. The molecule has 6 N–H and O–H groups in total. The Labute approximate surface area is 425 Å². The molecule has 0 aromatic heterocycles. The SMILES string of the molecule is C#C.CC[C@H]1OC(=O)[C@H](C)[C@@H](O[C@H]2CC(C)C[C@H](C)O2)[C@H](C)C[C@](C)(O)C[C@@H](C)CN(C)[C@H](C)[C@@H](O)[C@]1(C)O.C[C@@H]1C[C@H](N(C)CCC(=O)N[C@H](CF)[C@H](O)c2ccc(N3CCOCC3)cc2)C[C@H](O)O1. The number of alkyl halides is 1. The monoisotopic (exact) mass is 1010 g/mol. The molecule has 0 radical (unpaired) electrons. The van der Waals surface area contributed by atoms with Gasteiger partial charge < -0.3 is 69.2 Å². The van der Waals surface area contributed by atoms with E-state index in [0.717, 1.165) is 38.0 Å². The van der Waals surface area contributed by atoms with Gasteiger partial charge in [0.2, 0.25) is 5.91 Å². The minimum Gasteiger partial charge on any atom is -0.459 e. The van der Waals surface area contributed by atoms with Gasteiger partial charge >= 0.3 is 5.97 Å². The highest BCUT2D eigenvalue weighted by Crippen LogP contribution is 2.36. The van der Waals surface area contributed by atoms with E-state index >= 15 is 0 Å². The third-order valence-electron chi connectivity index (χ3n) is 14.9. The first-order valence-corrected chi connectivity index (χ1v) is 26.0. The summed E-state index contributed by atoms with van der Waals surface area (Å²) >= 11 is 0. The van der Waals surface area contributed by atoms with Crippen LogP contribution in [0.4, 0.5) is 10.1 Å². The Kier molecular flexibility index (Phi) is 25.6. The van der Waals surface area contributed by atoms with Crippen LogP contribution in [0.15, 0.2) is 24.3 Å². The van der Waals surface area contributed by atoms with Crippen LogP contribution in [0, 0.1) is 36.5 Å². The van der Waals surface area contributed by atoms with Crippen LogP contribution < -0.4 is 10.2 Å². The van der Waals surface area contributed by atoms with E-state index in [2.05, 4.69) is 36.9 Å². The van der Waals surface area contributed by atoms with E-state index in [1.165, 1.54) is 6.92 Å². The average molecular weight is 1010 g/mol. The molecule has 1 amide bonds. The van der Waals surface area contributed by atoms with Gasteiger partial charge in [0, 0.05) is 63.2 Å². The minimum atomic E-state index is -1.65. The number of likely N-dealkylation sites (N-methyl/N-ethyl adjacent to an activating group) is 1. The maximum absolute atomic E-state index is 13.7. The number of esters is 1. The van der Waals surface area contributed by atoms with Crippen LogP contribution in [0.25, 0.3) is 0 Å². The van der Waals surface area contributed by atoms with Gasteiger partial charge in [0.1, 0.15) is 30.6 Å². The van der Waals surface area contributed by atoms with E-state index in [9.17, 15) is 39.5 Å². The molecule has 0 saturated carbocycles. The number of terminal acetylenes is 1. The van der Waals surface area contributed by atoms with Gasteiger partial charge in [-0.2, -0.15) is 0 Å². The predicted molar refractivity (Wildman–Crippen MR) is 273 cm³/mol. The number of aliphatic hydroxyl groups excluding tert-OH is 3. The molecule has 0 bridgehead atoms. The Balaban J connectivity index is 0.000000366. The molecule has 5 rings (SSSR count). The molecule has 1 aromatic rings. The molecule has 4 heterocycles. The molecule has 408 valence electrons. The average Bonchev–Trinajstić information content (AvgIpc) is 3.32. The number of nitrogens with one attached hydrogen (secondary N) is 1. The molecule has 17 heteroatoms. The largest absolute Gasteiger partial charge is 0.459 e. The Bertz CT molecular complexity index is 1720. The number of nitrogens with zero attached hydrogens (tertiary/aromatic N) is 3. The van der Waals surface area contributed by atoms with Crippen molar-refractivity contribution in [3.63, 3.8) is 0 Å². The number of ether oxygens (including phenoxy) is 5. The molecule has 0 aliphatic carbocycles. The molecule has 17 atom stereocenters. The Morgan fingerprint density at radius 3 is 2.14 bits per heavy atom. The second-order valence-electron chi connectivity index (χ2n) is 21.7. The number of rotatable bonds is 12. The highest BCUT2D eigenvalue weighted by molar-refractivity contribution is 5.76. The number of carbonyl (C=O) groups is 2. The molecular formula is C54H93FN4O12. The number of cyclic esters (lactones) is 1. The Morgan fingerprint density at radius 2 is 1.56 bits per heavy atom. The Hall–Kier alpha value is -2.99. The lowest BCUT2D eigenvalue weighted by Crippen LogP contribution is -2.59. The quantitative estimate of drug-likeness (QED) is 0.118. The van der Waals surface area contributed by atoms with Crippen LogP contribution in [-0.4, -0.2) is 180 Å². The number of morpholine rings is 1. The first kappa shape index (κ1) is 62.3. The third kappa shape index (κ3) is 19.0. The highest BCUT2D eigenvalue weighted by atomic mass is 19.1. The highest BCUT2D eigenvalue weighted by Gasteiger charge is 2.46. The second kappa shape index (κ2) is 29.2. The molecule has 16 nitrogen and oxygen atoms in total. The lowest BCUT2D eigenvalue weighted by molar-refractivity contribution is -0.241. The van der Waals surface area contributed by atoms with Gasteiger partial charge in [0.25, 0.3) is 0 Å². The van der Waals surface area contributed by atoms with Crippen LogP contribution in [-0.2, 0) is 33.3 Å². The van der Waals surface area contributed by atoms with Gasteiger partial charge in [0.15, 0.2) is 12.6 Å². The van der Waals surface area contributed by atoms with Gasteiger partial charge in [-0.25, -0.2) is 4.39 Å². The topological polar surface area (TPSA) is 203 Å². The summed E-state index contributed by atoms with van der Waals surface area (Å²) in [5.41, 5.74) is -1.03. The van der Waals surface area contributed by atoms with Crippen molar-refractivity contribution in [2.45, 2.75) is 199 Å². The fourth-order valence-electron chi connectivity index (χ4n) is 11.0. The molecule has 4 aliphatic heterocycles. The first-order valence-electron chi connectivity index (χ1n) is 26.0. The van der Waals surface area contributed by atoms with E-state index < -0.39 is 72.8 Å². The standard InChI is InChI=1S/C29H55NO7.C23H36FN3O5.C2H2/c1-11-23-29(9,34)26(31)22(7)30(10)16-18(3)14-28(8,33)15-19(4)25(21(6)27(32)36-23)37-24-13-17(2)12-20(5)35-24;1-16-13-19(14-22(29)32-16)26(2)8-7-21(28)25-20(15-24)23(30)17-3-5-18(6-4-17)27-9-11-31-12-10-27;1-2/h17-26,31,33-34H,11-16H2,1-10H3;3-6,16,19-20,22-23,29-30H,7-15H2,1-2H3,(H,25,28);1-2H/t17?,18-,19-,20+,21-,22-,23-,24+,25+,26-,28-,29-;16-,19+,20-,22-,23-;/m11./s1. The lowest BCUT2D eigenvalue weighted by Gasteiger charge is -2.42. The summed E-state index contributed by atoms with van der Waals surface area (Å²) in [7, 11) is 3.81. The number of anilines is 1. The van der Waals surface area contributed by atoms with E-state index in [1.807, 2.05) is 77.6 Å². The van der Waals surface area contributed by atoms with Crippen LogP contribution in [0.1, 0.15) is 132 Å². The fraction of sp³-hybridized carbons (Fsp3) is 0.815. The van der Waals surface area contributed by atoms with Crippen LogP contribution in [0.3, 0.4) is 0 Å². The number of halogens is 1. The van der Waals surface area contributed by atoms with Crippen molar-refractivity contribution in [3.05, 3.63) is 29.8 Å². The number of hydrogen-bond donors (Lipinski definition) is 6. The van der Waals surface area contributed by atoms with Crippen molar-refractivity contribution in [1.29, 1.82) is 0 Å². The van der Waals surface area contributed by atoms with E-state index in [4.69, 9.17) is 23.7 Å². The van der Waals surface area contributed by atoms with Crippen LogP contribution >= 0.6 is 0 Å². The molecule has 0 spiro atoms. The van der Waals surface area contributed by atoms with Crippen molar-refractivity contribution in [1.82, 2.24) is 15.1 Å². The van der Waals surface area contributed by atoms with Crippen molar-refractivity contribution in [2.24, 2.45) is 23.7 Å². The van der Waals surface area contributed by atoms with Crippen molar-refractivity contribution >= 4 is 17.6 Å². The summed E-state index contributed by atoms with van der Waals surface area (Å²) in [6, 6.07) is 6.07. The zero-order chi connectivity index (χ0) is 53.4. The van der Waals surface area contributed by atoms with Gasteiger partial charge in [-0.3, -0.25) is 9.59 Å². The summed E-state index contributed by atoms with van der Waals surface area (Å²) in [6.07, 6.45) is 7.61. The summed E-state index contributed by atoms with van der Waals surface area (Å²) in [6.45, 7) is 22.3. The molecule has 71 heavy (non-hydrogen) atoms. The molecule has 1 aromatic carbocycles. The number of carbonyl (C=O) groups excluding carboxylic acids is 2. The number of benzene rings is 1. The van der Waals surface area contributed by atoms with Crippen LogP contribution in [0.2, 0.25) is 0 Å². The van der Waals surface area contributed by atoms with Gasteiger partial charge in [-0.15, -0.1) is 12.8 Å². The maximum Gasteiger partial charge on any atom is 0.311 e. The second-order valence-corrected chi connectivity index (χ2v) is 21.7. The maximum atomic E-state index is 13.7. The minimum absolute atomic E-state index is 0.0410. The summed E-state index contributed by atoms with van der Waals surface area (Å²) in [5, 5.41) is 57.0. The number of aliphatic hydroxyl groups is 5. The van der Waals surface area contributed by atoms with E-state index in [1.54, 1.807) is 19.1 Å². The summed E-state index contributed by atoms with van der Waals surface area (Å²) in [4.78, 5) is 32.1. The van der Waals surface area contributed by atoms with Crippen molar-refractivity contribution < 1.29 is 63.2 Å². The molecule has 1 unspecified atom stereocenters. The molecule has 4 fully saturated rings. The predicted octanol–water partition coefficient (Wildman–Crippen LogP) is 5.21. The van der Waals surface area contributed by atoms with E-state index in [0.29, 0.717) is 63.5 Å². The normalized spacial score (nSPS) is 36.8. The van der Waals surface area contributed by atoms with Gasteiger partial charge in [-0.1, -0.05) is 39.8 Å². The zero-order valence-electron chi connectivity index (χ0n) is 45.0. The lowest BCUT2D eigenvalue weighted by atomic mass is 9.80. The van der Waals surface area contributed by atoms with Crippen molar-refractivity contribution in [3.8, 4) is 12.8 Å². The van der Waals surface area contributed by atoms with Gasteiger partial charge in [0.05, 0.1) is 49.1 Å². The van der Waals surface area contributed by atoms with Crippen molar-refractivity contribution in [2.75, 3.05) is 65.1 Å². The smallest absolute Gasteiger partial charge is 0.311 e. The summed E-state index contributed by atoms with van der Waals surface area (Å²) < 4.78 is 42.8. The number of hydrogen-bond acceptors (Lipinski definition) is 15. The molecular weight excluding hydrogens is 916 g/mol. The third-order valence-corrected chi connectivity index (χ3v) is 14.9. The van der Waals surface area contributed by atoms with Crippen LogP contribution in [0.5, 0.6) is 0 Å². The van der Waals surface area contributed by atoms with Gasteiger partial charge in [-0.05, 0) is 123 Å². The number of amides is 1. The molecule has 4 aliphatic rings.